The number of rotatable bonds is 12. The maximum atomic E-state index is 12.6. The molecule has 0 saturated heterocycles. The second-order valence-corrected chi connectivity index (χ2v) is 5.53. The molecule has 7 heteroatoms. The Morgan fingerprint density at radius 1 is 0.864 bits per heavy atom. The molecule has 0 bridgehead atoms. The summed E-state index contributed by atoms with van der Waals surface area (Å²) < 4.78 is 60.9. The van der Waals surface area contributed by atoms with Gasteiger partial charge in [0.05, 0.1) is 0 Å². The predicted octanol–water partition coefficient (Wildman–Crippen LogP) is 5.22. The average Bonchev–Trinajstić information content (AvgIpc) is 2.41. The first-order chi connectivity index (χ1) is 10.2. The lowest BCUT2D eigenvalue weighted by atomic mass is 10.1. The van der Waals surface area contributed by atoms with E-state index < -0.39 is 24.9 Å². The van der Waals surface area contributed by atoms with Crippen molar-refractivity contribution in [1.29, 1.82) is 0 Å². The van der Waals surface area contributed by atoms with Gasteiger partial charge in [-0.1, -0.05) is 45.4 Å². The minimum Gasteiger partial charge on any atom is -0.356 e. The SMILES string of the molecule is CCCCCCCCCC(=O)NCCCC(F)(F)C(F)(F)F. The van der Waals surface area contributed by atoms with Crippen molar-refractivity contribution < 1.29 is 26.7 Å². The van der Waals surface area contributed by atoms with Crippen LogP contribution >= 0.6 is 0 Å². The lowest BCUT2D eigenvalue weighted by molar-refractivity contribution is -0.284. The predicted molar refractivity (Wildman–Crippen MR) is 75.9 cm³/mol. The van der Waals surface area contributed by atoms with E-state index in [4.69, 9.17) is 0 Å². The average molecular weight is 331 g/mol. The molecule has 1 amide bonds. The second kappa shape index (κ2) is 10.8. The summed E-state index contributed by atoms with van der Waals surface area (Å²) in [6, 6.07) is 0. The van der Waals surface area contributed by atoms with Gasteiger partial charge in [-0.2, -0.15) is 22.0 Å². The molecule has 0 atom stereocenters. The number of carbonyl (C=O) groups excluding carboxylic acids is 1. The van der Waals surface area contributed by atoms with Crippen LogP contribution in [0.3, 0.4) is 0 Å². The largest absolute Gasteiger partial charge is 0.453 e. The summed E-state index contributed by atoms with van der Waals surface area (Å²) in [7, 11) is 0. The molecule has 0 rings (SSSR count). The Morgan fingerprint density at radius 2 is 1.41 bits per heavy atom. The van der Waals surface area contributed by atoms with Gasteiger partial charge in [0.1, 0.15) is 0 Å². The van der Waals surface area contributed by atoms with Gasteiger partial charge in [-0.3, -0.25) is 4.79 Å². The molecule has 0 fully saturated rings. The van der Waals surface area contributed by atoms with E-state index >= 15 is 0 Å². The first kappa shape index (κ1) is 21.1. The molecule has 0 heterocycles. The summed E-state index contributed by atoms with van der Waals surface area (Å²) in [5.41, 5.74) is 0. The van der Waals surface area contributed by atoms with Crippen LogP contribution in [-0.2, 0) is 4.79 Å². The van der Waals surface area contributed by atoms with Crippen molar-refractivity contribution in [1.82, 2.24) is 5.32 Å². The highest BCUT2D eigenvalue weighted by Gasteiger charge is 2.56. The lowest BCUT2D eigenvalue weighted by Crippen LogP contribution is -2.37. The summed E-state index contributed by atoms with van der Waals surface area (Å²) in [5.74, 6) is -4.97. The Bertz CT molecular complexity index is 305. The van der Waals surface area contributed by atoms with Crippen molar-refractivity contribution in [2.24, 2.45) is 0 Å². The fourth-order valence-electron chi connectivity index (χ4n) is 2.01. The Labute approximate surface area is 128 Å². The smallest absolute Gasteiger partial charge is 0.356 e. The van der Waals surface area contributed by atoms with Crippen LogP contribution < -0.4 is 5.32 Å². The van der Waals surface area contributed by atoms with Crippen molar-refractivity contribution in [3.05, 3.63) is 0 Å². The molecule has 0 aliphatic rings. The maximum Gasteiger partial charge on any atom is 0.453 e. The minimum atomic E-state index is -5.52. The highest BCUT2D eigenvalue weighted by atomic mass is 19.4. The lowest BCUT2D eigenvalue weighted by Gasteiger charge is -2.19. The highest BCUT2D eigenvalue weighted by molar-refractivity contribution is 5.75. The van der Waals surface area contributed by atoms with E-state index in [2.05, 4.69) is 12.2 Å². The molecule has 0 aromatic carbocycles. The van der Waals surface area contributed by atoms with Crippen molar-refractivity contribution in [3.63, 3.8) is 0 Å². The van der Waals surface area contributed by atoms with Gasteiger partial charge in [-0.15, -0.1) is 0 Å². The summed E-state index contributed by atoms with van der Waals surface area (Å²) in [6.45, 7) is 1.98. The zero-order chi connectivity index (χ0) is 17.1. The van der Waals surface area contributed by atoms with Gasteiger partial charge >= 0.3 is 12.1 Å². The van der Waals surface area contributed by atoms with Crippen LogP contribution in [-0.4, -0.2) is 24.6 Å². The van der Waals surface area contributed by atoms with E-state index in [1.807, 2.05) is 0 Å². The number of amides is 1. The van der Waals surface area contributed by atoms with E-state index in [-0.39, 0.29) is 12.5 Å². The van der Waals surface area contributed by atoms with Crippen LogP contribution in [0.15, 0.2) is 0 Å². The van der Waals surface area contributed by atoms with E-state index in [0.29, 0.717) is 6.42 Å². The fourth-order valence-corrected chi connectivity index (χ4v) is 2.01. The van der Waals surface area contributed by atoms with Crippen LogP contribution in [0.2, 0.25) is 0 Å². The Balaban J connectivity index is 3.55. The van der Waals surface area contributed by atoms with Crippen molar-refractivity contribution in [2.75, 3.05) is 6.54 Å². The molecule has 2 nitrogen and oxygen atoms in total. The Morgan fingerprint density at radius 3 is 1.95 bits per heavy atom. The van der Waals surface area contributed by atoms with Crippen LogP contribution in [0.4, 0.5) is 22.0 Å². The van der Waals surface area contributed by atoms with Gasteiger partial charge < -0.3 is 5.32 Å². The number of nitrogens with one attached hydrogen (secondary N) is 1. The maximum absolute atomic E-state index is 12.6. The van der Waals surface area contributed by atoms with E-state index in [0.717, 1.165) is 25.7 Å². The molecule has 0 saturated carbocycles. The molecule has 0 radical (unpaired) electrons. The van der Waals surface area contributed by atoms with E-state index in [1.165, 1.54) is 19.3 Å². The zero-order valence-corrected chi connectivity index (χ0v) is 13.1. The van der Waals surface area contributed by atoms with Gasteiger partial charge in [-0.25, -0.2) is 0 Å². The van der Waals surface area contributed by atoms with Gasteiger partial charge in [0, 0.05) is 19.4 Å². The van der Waals surface area contributed by atoms with Crippen molar-refractivity contribution in [3.8, 4) is 0 Å². The Hall–Kier alpha value is -0.880. The first-order valence-electron chi connectivity index (χ1n) is 7.92. The summed E-state index contributed by atoms with van der Waals surface area (Å²) in [4.78, 5) is 11.4. The molecule has 132 valence electrons. The second-order valence-electron chi connectivity index (χ2n) is 5.53. The van der Waals surface area contributed by atoms with Crippen LogP contribution in [0.25, 0.3) is 0 Å². The topological polar surface area (TPSA) is 29.1 Å². The molecule has 0 unspecified atom stereocenters. The molecule has 0 aromatic heterocycles. The van der Waals surface area contributed by atoms with Gasteiger partial charge in [0.25, 0.3) is 0 Å². The quantitative estimate of drug-likeness (QED) is 0.385. The number of hydrogen-bond acceptors (Lipinski definition) is 1. The summed E-state index contributed by atoms with van der Waals surface area (Å²) in [6.07, 6.45) is 0.518. The first-order valence-corrected chi connectivity index (χ1v) is 7.92. The Kier molecular flexibility index (Phi) is 10.3. The van der Waals surface area contributed by atoms with Crippen molar-refractivity contribution in [2.45, 2.75) is 83.2 Å². The summed E-state index contributed by atoms with van der Waals surface area (Å²) >= 11 is 0. The number of halogens is 5. The van der Waals surface area contributed by atoms with E-state index in [1.54, 1.807) is 0 Å². The molecule has 1 N–H and O–H groups in total. The van der Waals surface area contributed by atoms with Gasteiger partial charge in [0.2, 0.25) is 5.91 Å². The number of alkyl halides is 5. The molecule has 0 spiro atoms. The fraction of sp³-hybridized carbons (Fsp3) is 0.933. The monoisotopic (exact) mass is 331 g/mol. The van der Waals surface area contributed by atoms with Crippen LogP contribution in [0, 0.1) is 0 Å². The molecular weight excluding hydrogens is 305 g/mol. The summed E-state index contributed by atoms with van der Waals surface area (Å²) in [5, 5.41) is 2.38. The van der Waals surface area contributed by atoms with E-state index in [9.17, 15) is 26.7 Å². The van der Waals surface area contributed by atoms with Gasteiger partial charge in [-0.05, 0) is 12.8 Å². The third kappa shape index (κ3) is 9.95. The molecule has 22 heavy (non-hydrogen) atoms. The standard InChI is InChI=1S/C15H26F5NO/c1-2-3-4-5-6-7-8-10-13(22)21-12-9-11-14(16,17)15(18,19)20/h2-12H2,1H3,(H,21,22). The third-order valence-corrected chi connectivity index (χ3v) is 3.41. The normalized spacial score (nSPS) is 12.5. The van der Waals surface area contributed by atoms with Crippen LogP contribution in [0.5, 0.6) is 0 Å². The highest BCUT2D eigenvalue weighted by Crippen LogP contribution is 2.38. The number of unbranched alkanes of at least 4 members (excludes halogenated alkanes) is 6. The molecule has 0 aromatic rings. The molecular formula is C15H26F5NO. The minimum absolute atomic E-state index is 0.152. The number of carbonyl (C=O) groups is 1. The van der Waals surface area contributed by atoms with Gasteiger partial charge in [0.15, 0.2) is 0 Å². The van der Waals surface area contributed by atoms with Crippen LogP contribution in [0.1, 0.15) is 71.1 Å². The molecule has 0 aliphatic heterocycles. The third-order valence-electron chi connectivity index (χ3n) is 3.41. The van der Waals surface area contributed by atoms with Crippen molar-refractivity contribution >= 4 is 5.91 Å². The number of hydrogen-bond donors (Lipinski definition) is 1. The molecule has 0 aliphatic carbocycles. The zero-order valence-electron chi connectivity index (χ0n) is 13.1.